The fourth-order valence-electron chi connectivity index (χ4n) is 2.75. The molecule has 0 bridgehead atoms. The molecule has 0 radical (unpaired) electrons. The van der Waals surface area contributed by atoms with Gasteiger partial charge in [-0.1, -0.05) is 30.3 Å². The number of benzene rings is 1. The molecule has 22 heavy (non-hydrogen) atoms. The molecule has 1 heterocycles. The summed E-state index contributed by atoms with van der Waals surface area (Å²) in [7, 11) is -2.86. The lowest BCUT2D eigenvalue weighted by Crippen LogP contribution is -2.34. The fraction of sp³-hybridized carbons (Fsp3) is 0.562. The SMILES string of the molecule is O=C(CSC1CCS(=O)(=O)C1)N(Cc1ccccc1)C1CC1. The zero-order chi connectivity index (χ0) is 15.6. The number of nitrogens with zero attached hydrogens (tertiary/aromatic N) is 1. The Balaban J connectivity index is 1.54. The van der Waals surface area contributed by atoms with Gasteiger partial charge in [0.1, 0.15) is 0 Å². The maximum Gasteiger partial charge on any atom is 0.233 e. The van der Waals surface area contributed by atoms with Crippen LogP contribution in [-0.4, -0.2) is 47.8 Å². The van der Waals surface area contributed by atoms with Crippen molar-refractivity contribution in [2.45, 2.75) is 37.1 Å². The van der Waals surface area contributed by atoms with Crippen LogP contribution in [0.2, 0.25) is 0 Å². The Labute approximate surface area is 136 Å². The molecule has 1 aliphatic heterocycles. The van der Waals surface area contributed by atoms with Gasteiger partial charge in [-0.15, -0.1) is 11.8 Å². The van der Waals surface area contributed by atoms with Crippen molar-refractivity contribution in [2.24, 2.45) is 0 Å². The van der Waals surface area contributed by atoms with Crippen molar-refractivity contribution in [1.29, 1.82) is 0 Å². The molecule has 6 heteroatoms. The summed E-state index contributed by atoms with van der Waals surface area (Å²) >= 11 is 1.51. The third-order valence-corrected chi connectivity index (χ3v) is 7.40. The minimum Gasteiger partial charge on any atom is -0.335 e. The molecule has 1 saturated carbocycles. The van der Waals surface area contributed by atoms with E-state index in [1.54, 1.807) is 0 Å². The third kappa shape index (κ3) is 4.26. The fourth-order valence-corrected chi connectivity index (χ4v) is 6.28. The Morgan fingerprint density at radius 1 is 1.18 bits per heavy atom. The monoisotopic (exact) mass is 339 g/mol. The summed E-state index contributed by atoms with van der Waals surface area (Å²) in [6, 6.07) is 10.4. The first-order chi connectivity index (χ1) is 10.5. The molecule has 2 aliphatic rings. The van der Waals surface area contributed by atoms with E-state index in [0.717, 1.165) is 18.4 Å². The van der Waals surface area contributed by atoms with Crippen LogP contribution in [0.15, 0.2) is 30.3 Å². The van der Waals surface area contributed by atoms with Crippen LogP contribution >= 0.6 is 11.8 Å². The predicted molar refractivity (Wildman–Crippen MR) is 89.5 cm³/mol. The number of amides is 1. The van der Waals surface area contributed by atoms with Gasteiger partial charge in [-0.2, -0.15) is 0 Å². The Bertz CT molecular complexity index is 626. The predicted octanol–water partition coefficient (Wildman–Crippen LogP) is 2.10. The number of thioether (sulfide) groups is 1. The molecule has 1 saturated heterocycles. The zero-order valence-corrected chi connectivity index (χ0v) is 14.1. The minimum absolute atomic E-state index is 0.0896. The molecule has 1 amide bonds. The summed E-state index contributed by atoms with van der Waals surface area (Å²) in [5.41, 5.74) is 1.15. The standard InChI is InChI=1S/C16H21NO3S2/c18-16(11-21-15-8-9-22(19,20)12-15)17(14-6-7-14)10-13-4-2-1-3-5-13/h1-5,14-15H,6-12H2. The van der Waals surface area contributed by atoms with Crippen LogP contribution in [0.3, 0.4) is 0 Å². The smallest absolute Gasteiger partial charge is 0.233 e. The van der Waals surface area contributed by atoms with Crippen LogP contribution in [0.5, 0.6) is 0 Å². The average Bonchev–Trinajstić information content (AvgIpc) is 3.27. The van der Waals surface area contributed by atoms with Crippen LogP contribution in [0.4, 0.5) is 0 Å². The number of carbonyl (C=O) groups is 1. The van der Waals surface area contributed by atoms with Gasteiger partial charge in [0, 0.05) is 17.8 Å². The number of hydrogen-bond donors (Lipinski definition) is 0. The summed E-state index contributed by atoms with van der Waals surface area (Å²) in [6.45, 7) is 0.661. The van der Waals surface area contributed by atoms with Gasteiger partial charge in [-0.05, 0) is 24.8 Å². The Hall–Kier alpha value is -1.01. The van der Waals surface area contributed by atoms with E-state index in [9.17, 15) is 13.2 Å². The molecule has 0 aromatic heterocycles. The van der Waals surface area contributed by atoms with Gasteiger partial charge in [0.15, 0.2) is 9.84 Å². The maximum absolute atomic E-state index is 12.5. The van der Waals surface area contributed by atoms with Gasteiger partial charge >= 0.3 is 0 Å². The third-order valence-electron chi connectivity index (χ3n) is 4.14. The van der Waals surface area contributed by atoms with Gasteiger partial charge in [0.25, 0.3) is 0 Å². The van der Waals surface area contributed by atoms with Gasteiger partial charge in [0.2, 0.25) is 5.91 Å². The zero-order valence-electron chi connectivity index (χ0n) is 12.5. The van der Waals surface area contributed by atoms with Crippen LogP contribution in [0.25, 0.3) is 0 Å². The molecule has 0 N–H and O–H groups in total. The highest BCUT2D eigenvalue weighted by molar-refractivity contribution is 8.02. The van der Waals surface area contributed by atoms with Crippen molar-refractivity contribution >= 4 is 27.5 Å². The quantitative estimate of drug-likeness (QED) is 0.796. The van der Waals surface area contributed by atoms with E-state index in [2.05, 4.69) is 0 Å². The van der Waals surface area contributed by atoms with E-state index in [4.69, 9.17) is 0 Å². The molecule has 4 nitrogen and oxygen atoms in total. The van der Waals surface area contributed by atoms with Crippen molar-refractivity contribution in [3.05, 3.63) is 35.9 Å². The Morgan fingerprint density at radius 2 is 1.91 bits per heavy atom. The van der Waals surface area contributed by atoms with Crippen molar-refractivity contribution in [3.8, 4) is 0 Å². The first-order valence-electron chi connectivity index (χ1n) is 7.69. The van der Waals surface area contributed by atoms with E-state index in [1.165, 1.54) is 11.8 Å². The van der Waals surface area contributed by atoms with Crippen molar-refractivity contribution in [2.75, 3.05) is 17.3 Å². The van der Waals surface area contributed by atoms with E-state index >= 15 is 0 Å². The maximum atomic E-state index is 12.5. The van der Waals surface area contributed by atoms with Crippen LogP contribution in [0.1, 0.15) is 24.8 Å². The first kappa shape index (κ1) is 15.9. The Kier molecular flexibility index (Phi) is 4.78. The highest BCUT2D eigenvalue weighted by atomic mass is 32.2. The molecular weight excluding hydrogens is 318 g/mol. The van der Waals surface area contributed by atoms with Crippen molar-refractivity contribution in [1.82, 2.24) is 4.90 Å². The summed E-state index contributed by atoms with van der Waals surface area (Å²) in [5.74, 6) is 1.03. The van der Waals surface area contributed by atoms with Gasteiger partial charge in [-0.3, -0.25) is 4.79 Å². The van der Waals surface area contributed by atoms with Crippen LogP contribution < -0.4 is 0 Å². The summed E-state index contributed by atoms with van der Waals surface area (Å²) in [4.78, 5) is 14.5. The van der Waals surface area contributed by atoms with Crippen molar-refractivity contribution < 1.29 is 13.2 Å². The van der Waals surface area contributed by atoms with Gasteiger partial charge in [-0.25, -0.2) is 8.42 Å². The van der Waals surface area contributed by atoms with Crippen molar-refractivity contribution in [3.63, 3.8) is 0 Å². The normalized spacial score (nSPS) is 23.4. The summed E-state index contributed by atoms with van der Waals surface area (Å²) in [6.07, 6.45) is 2.85. The molecule has 3 rings (SSSR count). The molecular formula is C16H21NO3S2. The number of sulfone groups is 1. The first-order valence-corrected chi connectivity index (χ1v) is 10.6. The van der Waals surface area contributed by atoms with E-state index in [1.807, 2.05) is 35.2 Å². The second-order valence-corrected chi connectivity index (χ2v) is 9.59. The second kappa shape index (κ2) is 6.62. The molecule has 1 aliphatic carbocycles. The summed E-state index contributed by atoms with van der Waals surface area (Å²) in [5, 5.41) is 0.0896. The van der Waals surface area contributed by atoms with E-state index < -0.39 is 9.84 Å². The average molecular weight is 339 g/mol. The highest BCUT2D eigenvalue weighted by Gasteiger charge is 2.34. The highest BCUT2D eigenvalue weighted by Crippen LogP contribution is 2.30. The lowest BCUT2D eigenvalue weighted by molar-refractivity contribution is -0.129. The largest absolute Gasteiger partial charge is 0.335 e. The lowest BCUT2D eigenvalue weighted by atomic mass is 10.2. The Morgan fingerprint density at radius 3 is 2.50 bits per heavy atom. The molecule has 120 valence electrons. The van der Waals surface area contributed by atoms with Gasteiger partial charge in [0.05, 0.1) is 17.3 Å². The van der Waals surface area contributed by atoms with Crippen LogP contribution in [-0.2, 0) is 21.2 Å². The van der Waals surface area contributed by atoms with Crippen LogP contribution in [0, 0.1) is 0 Å². The number of hydrogen-bond acceptors (Lipinski definition) is 4. The topological polar surface area (TPSA) is 54.5 Å². The second-order valence-electron chi connectivity index (χ2n) is 6.07. The summed E-state index contributed by atoms with van der Waals surface area (Å²) < 4.78 is 22.9. The molecule has 1 aromatic rings. The van der Waals surface area contributed by atoms with Gasteiger partial charge < -0.3 is 4.90 Å². The van der Waals surface area contributed by atoms with E-state index in [0.29, 0.717) is 24.8 Å². The minimum atomic E-state index is -2.86. The molecule has 1 aromatic carbocycles. The number of rotatable bonds is 6. The van der Waals surface area contributed by atoms with E-state index in [-0.39, 0.29) is 22.7 Å². The number of carbonyl (C=O) groups excluding carboxylic acids is 1. The molecule has 1 unspecified atom stereocenters. The lowest BCUT2D eigenvalue weighted by Gasteiger charge is -2.23. The molecule has 2 fully saturated rings. The molecule has 0 spiro atoms. The molecule has 1 atom stereocenters.